The van der Waals surface area contributed by atoms with Crippen LogP contribution < -0.4 is 5.11 Å². The monoisotopic (exact) mass is 1120 g/mol. The van der Waals surface area contributed by atoms with Gasteiger partial charge in [-0.25, -0.2) is 0 Å². The zero-order valence-corrected chi connectivity index (χ0v) is 52.4. The molecule has 0 aliphatic carbocycles. The third-order valence-corrected chi connectivity index (χ3v) is 14.1. The zero-order chi connectivity index (χ0) is 58.3. The van der Waals surface area contributed by atoms with Crippen LogP contribution in [0.15, 0.2) is 97.2 Å². The Balaban J connectivity index is 4.02. The first kappa shape index (κ1) is 76.2. The number of rotatable bonds is 60. The van der Waals surface area contributed by atoms with Crippen LogP contribution in [-0.2, 0) is 33.3 Å². The Kier molecular flexibility index (Phi) is 58.4. The molecule has 0 saturated heterocycles. The van der Waals surface area contributed by atoms with Crippen LogP contribution in [0.25, 0.3) is 0 Å². The van der Waals surface area contributed by atoms with E-state index >= 15 is 0 Å². The standard InChI is InChI=1S/C71H123NO8/c1-6-8-10-12-14-16-18-20-22-23-24-25-26-27-28-29-30-31-32-33-34-35-36-37-38-39-40-41-42-43-44-45-46-47-48-50-52-54-56-58-60-62-69(74)80-67(66-79-71(70(75)76)77-64-63-72(3,4)5)65-78-68(73)61-59-57-55-53-51-49-21-19-17-15-13-11-9-7-2/h8,10,14,16,20,22,24-25,27-28,30-31,33-34,36-37,67,71H,6-7,9,11-13,15,17-19,21,23,26,29,32,35,38-66H2,1-5H3/b10-8-,16-14-,22-20-,25-24-,28-27-,31-30-,34-33-,37-36-. The first-order valence-corrected chi connectivity index (χ1v) is 32.9. The van der Waals surface area contributed by atoms with E-state index in [1.807, 2.05) is 21.1 Å². The topological polar surface area (TPSA) is 111 Å². The molecule has 0 aliphatic rings. The molecule has 2 atom stereocenters. The highest BCUT2D eigenvalue weighted by Gasteiger charge is 2.22. The number of carboxylic acids is 1. The highest BCUT2D eigenvalue weighted by molar-refractivity contribution is 5.70. The number of carbonyl (C=O) groups is 3. The second-order valence-electron chi connectivity index (χ2n) is 23.0. The number of unbranched alkanes of at least 4 members (excludes halogenated alkanes) is 29. The van der Waals surface area contributed by atoms with Gasteiger partial charge in [0.2, 0.25) is 0 Å². The van der Waals surface area contributed by atoms with Crippen molar-refractivity contribution in [3.8, 4) is 0 Å². The molecule has 0 radical (unpaired) electrons. The predicted octanol–water partition coefficient (Wildman–Crippen LogP) is 18.7. The van der Waals surface area contributed by atoms with Crippen molar-refractivity contribution in [2.24, 2.45) is 0 Å². The van der Waals surface area contributed by atoms with E-state index in [0.29, 0.717) is 23.9 Å². The molecule has 0 saturated carbocycles. The van der Waals surface area contributed by atoms with Crippen LogP contribution >= 0.6 is 0 Å². The summed E-state index contributed by atoms with van der Waals surface area (Å²) in [5.41, 5.74) is 0. The van der Waals surface area contributed by atoms with E-state index < -0.39 is 24.3 Å². The van der Waals surface area contributed by atoms with Gasteiger partial charge in [0.1, 0.15) is 13.2 Å². The molecule has 0 heterocycles. The molecular formula is C71H123NO8. The fourth-order valence-corrected chi connectivity index (χ4v) is 9.08. The molecule has 0 aromatic rings. The maximum absolute atomic E-state index is 12.9. The Morgan fingerprint density at radius 1 is 0.388 bits per heavy atom. The third-order valence-electron chi connectivity index (χ3n) is 14.1. The number of likely N-dealkylation sites (N-methyl/N-ethyl adjacent to an activating group) is 1. The van der Waals surface area contributed by atoms with E-state index in [0.717, 1.165) is 89.9 Å². The lowest BCUT2D eigenvalue weighted by atomic mass is 10.0. The van der Waals surface area contributed by atoms with Crippen LogP contribution in [0, 0.1) is 0 Å². The van der Waals surface area contributed by atoms with E-state index in [2.05, 4.69) is 111 Å². The van der Waals surface area contributed by atoms with Crippen molar-refractivity contribution in [3.63, 3.8) is 0 Å². The van der Waals surface area contributed by atoms with Gasteiger partial charge >= 0.3 is 11.9 Å². The molecule has 0 amide bonds. The molecule has 0 spiro atoms. The number of hydrogen-bond acceptors (Lipinski definition) is 8. The van der Waals surface area contributed by atoms with Gasteiger partial charge in [0.15, 0.2) is 12.4 Å². The highest BCUT2D eigenvalue weighted by Crippen LogP contribution is 2.17. The Morgan fingerprint density at radius 3 is 1.06 bits per heavy atom. The maximum atomic E-state index is 12.9. The van der Waals surface area contributed by atoms with Gasteiger partial charge in [0, 0.05) is 12.8 Å². The number of hydrogen-bond donors (Lipinski definition) is 0. The van der Waals surface area contributed by atoms with Gasteiger partial charge in [-0.15, -0.1) is 0 Å². The Bertz CT molecular complexity index is 1630. The van der Waals surface area contributed by atoms with Gasteiger partial charge in [0.05, 0.1) is 40.3 Å². The Hall–Kier alpha value is -3.79. The summed E-state index contributed by atoms with van der Waals surface area (Å²) in [5, 5.41) is 11.8. The lowest BCUT2D eigenvalue weighted by Crippen LogP contribution is -2.44. The number of carbonyl (C=O) groups excluding carboxylic acids is 3. The minimum Gasteiger partial charge on any atom is -0.545 e. The van der Waals surface area contributed by atoms with Crippen LogP contribution in [0.5, 0.6) is 0 Å². The van der Waals surface area contributed by atoms with Gasteiger partial charge in [-0.05, 0) is 77.0 Å². The Morgan fingerprint density at radius 2 is 0.713 bits per heavy atom. The first-order valence-electron chi connectivity index (χ1n) is 32.9. The van der Waals surface area contributed by atoms with Crippen LogP contribution in [0.3, 0.4) is 0 Å². The summed E-state index contributed by atoms with van der Waals surface area (Å²) in [6, 6.07) is 0. The number of quaternary nitrogens is 1. The van der Waals surface area contributed by atoms with Crippen molar-refractivity contribution in [2.75, 3.05) is 47.5 Å². The molecule has 0 aromatic heterocycles. The normalized spacial score (nSPS) is 13.4. The van der Waals surface area contributed by atoms with E-state index in [1.54, 1.807) is 0 Å². The minimum absolute atomic E-state index is 0.147. The molecule has 0 rings (SSSR count). The van der Waals surface area contributed by atoms with Gasteiger partial charge in [0.25, 0.3) is 0 Å². The smallest absolute Gasteiger partial charge is 0.306 e. The van der Waals surface area contributed by atoms with Gasteiger partial charge in [-0.2, -0.15) is 0 Å². The van der Waals surface area contributed by atoms with E-state index in [-0.39, 0.29) is 32.2 Å². The van der Waals surface area contributed by atoms with E-state index in [4.69, 9.17) is 18.9 Å². The first-order chi connectivity index (χ1) is 39.1. The predicted molar refractivity (Wildman–Crippen MR) is 338 cm³/mol. The number of ether oxygens (including phenoxy) is 4. The average molecular weight is 1120 g/mol. The quantitative estimate of drug-likeness (QED) is 0.0195. The fourth-order valence-electron chi connectivity index (χ4n) is 9.08. The maximum Gasteiger partial charge on any atom is 0.306 e. The van der Waals surface area contributed by atoms with Crippen molar-refractivity contribution < 1.29 is 42.9 Å². The van der Waals surface area contributed by atoms with Crippen LogP contribution in [-0.4, -0.2) is 82.3 Å². The molecular weight excluding hydrogens is 995 g/mol. The van der Waals surface area contributed by atoms with E-state index in [9.17, 15) is 19.5 Å². The van der Waals surface area contributed by atoms with Crippen molar-refractivity contribution in [3.05, 3.63) is 97.2 Å². The van der Waals surface area contributed by atoms with Crippen molar-refractivity contribution in [2.45, 2.75) is 289 Å². The van der Waals surface area contributed by atoms with Gasteiger partial charge < -0.3 is 33.3 Å². The number of nitrogens with zero attached hydrogens (tertiary/aromatic N) is 1. The molecule has 0 N–H and O–H groups in total. The second-order valence-corrected chi connectivity index (χ2v) is 23.0. The molecule has 80 heavy (non-hydrogen) atoms. The molecule has 2 unspecified atom stereocenters. The summed E-state index contributed by atoms with van der Waals surface area (Å²) in [5.74, 6) is -2.27. The SMILES string of the molecule is CC/C=C\C/C=C\C/C=C\C/C=C\C/C=C\C/C=C\C/C=C\C/C=C\CCCCCCCCCCCCCCCCCCC(=O)OC(COC(=O)CCCCCCCCCCCCCCCC)COC(OCC[N+](C)(C)C)C(=O)[O-]. The molecule has 460 valence electrons. The van der Waals surface area contributed by atoms with Crippen LogP contribution in [0.4, 0.5) is 0 Å². The highest BCUT2D eigenvalue weighted by atomic mass is 16.7. The molecule has 0 aromatic carbocycles. The number of esters is 2. The summed E-state index contributed by atoms with van der Waals surface area (Å²) in [6.07, 6.45) is 80.6. The summed E-state index contributed by atoms with van der Waals surface area (Å²) >= 11 is 0. The van der Waals surface area contributed by atoms with Crippen molar-refractivity contribution in [1.29, 1.82) is 0 Å². The van der Waals surface area contributed by atoms with Crippen molar-refractivity contribution >= 4 is 17.9 Å². The summed E-state index contributed by atoms with van der Waals surface area (Å²) in [4.78, 5) is 37.3. The van der Waals surface area contributed by atoms with E-state index in [1.165, 1.54) is 154 Å². The number of aliphatic carboxylic acids is 1. The molecule has 9 nitrogen and oxygen atoms in total. The fraction of sp³-hybridized carbons (Fsp3) is 0.732. The van der Waals surface area contributed by atoms with Gasteiger partial charge in [-0.3, -0.25) is 9.59 Å². The largest absolute Gasteiger partial charge is 0.545 e. The number of carboxylic acid groups (broad SMARTS) is 1. The lowest BCUT2D eigenvalue weighted by molar-refractivity contribution is -0.870. The second kappa shape index (κ2) is 61.3. The van der Waals surface area contributed by atoms with Gasteiger partial charge in [-0.1, -0.05) is 284 Å². The molecule has 0 bridgehead atoms. The minimum atomic E-state index is -1.62. The molecule has 0 fully saturated rings. The summed E-state index contributed by atoms with van der Waals surface area (Å²) in [7, 11) is 5.93. The molecule has 9 heteroatoms. The Labute approximate surface area is 492 Å². The van der Waals surface area contributed by atoms with Crippen molar-refractivity contribution in [1.82, 2.24) is 0 Å². The lowest BCUT2D eigenvalue weighted by Gasteiger charge is -2.26. The third kappa shape index (κ3) is 61.8. The molecule has 0 aliphatic heterocycles. The summed E-state index contributed by atoms with van der Waals surface area (Å²) < 4.78 is 22.7. The summed E-state index contributed by atoms with van der Waals surface area (Å²) in [6.45, 7) is 4.65. The number of allylic oxidation sites excluding steroid dienone is 16. The van der Waals surface area contributed by atoms with Crippen LogP contribution in [0.1, 0.15) is 277 Å². The van der Waals surface area contributed by atoms with Crippen LogP contribution in [0.2, 0.25) is 0 Å². The zero-order valence-electron chi connectivity index (χ0n) is 52.4. The average Bonchev–Trinajstić information content (AvgIpc) is 3.43.